The average molecular weight is 415 g/mol. The predicted molar refractivity (Wildman–Crippen MR) is 107 cm³/mol. The smallest absolute Gasteiger partial charge is 0.259 e. The first kappa shape index (κ1) is 18.4. The normalized spacial score (nSPS) is 11.0. The molecule has 0 fully saturated rings. The molecule has 140 valence electrons. The summed E-state index contributed by atoms with van der Waals surface area (Å²) in [5.41, 5.74) is 1.53. The van der Waals surface area contributed by atoms with Crippen LogP contribution in [-0.4, -0.2) is 20.7 Å². The molecule has 5 nitrogen and oxygen atoms in total. The first-order chi connectivity index (χ1) is 13.5. The fourth-order valence-corrected chi connectivity index (χ4v) is 3.35. The number of carbonyl (C=O) groups is 1. The number of para-hydroxylation sites is 1. The number of halogens is 3. The second-order valence-electron chi connectivity index (χ2n) is 6.07. The maximum absolute atomic E-state index is 13.9. The van der Waals surface area contributed by atoms with Crippen LogP contribution in [0.3, 0.4) is 0 Å². The van der Waals surface area contributed by atoms with E-state index in [-0.39, 0.29) is 5.56 Å². The summed E-state index contributed by atoms with van der Waals surface area (Å²) < 4.78 is 15.6. The second kappa shape index (κ2) is 7.58. The Kier molecular flexibility index (Phi) is 4.98. The number of hydrogen-bond donors (Lipinski definition) is 1. The monoisotopic (exact) mass is 414 g/mol. The number of hydrogen-bond acceptors (Lipinski definition) is 3. The predicted octanol–water partition coefficient (Wildman–Crippen LogP) is 5.18. The van der Waals surface area contributed by atoms with Crippen molar-refractivity contribution < 1.29 is 9.18 Å². The van der Waals surface area contributed by atoms with E-state index >= 15 is 0 Å². The number of carbonyl (C=O) groups excluding carboxylic acids is 1. The fourth-order valence-electron chi connectivity index (χ4n) is 2.89. The highest BCUT2D eigenvalue weighted by atomic mass is 35.5. The number of benzene rings is 2. The molecule has 2 aromatic heterocycles. The number of pyridine rings is 1. The number of amides is 1. The van der Waals surface area contributed by atoms with Crippen molar-refractivity contribution >= 4 is 45.8 Å². The molecular formula is C20H13Cl2FN4O. The third kappa shape index (κ3) is 3.56. The van der Waals surface area contributed by atoms with Crippen LogP contribution in [0.4, 0.5) is 10.2 Å². The van der Waals surface area contributed by atoms with Crippen molar-refractivity contribution in [3.05, 3.63) is 87.9 Å². The van der Waals surface area contributed by atoms with Crippen LogP contribution in [0.1, 0.15) is 15.9 Å². The standard InChI is InChI=1S/C20H13Cl2FN4O/c21-13-6-5-12(16(22)9-13)11-27-18-4-2-1-3-15(18)19(26-27)25-20(28)14-7-8-24-10-17(14)23/h1-10H,11H2,(H,25,26,28). The number of anilines is 1. The largest absolute Gasteiger partial charge is 0.304 e. The molecule has 1 N–H and O–H groups in total. The molecule has 1 amide bonds. The van der Waals surface area contributed by atoms with Gasteiger partial charge in [0, 0.05) is 21.6 Å². The Bertz CT molecular complexity index is 1190. The van der Waals surface area contributed by atoms with Crippen molar-refractivity contribution in [2.75, 3.05) is 5.32 Å². The molecule has 8 heteroatoms. The number of nitrogens with one attached hydrogen (secondary N) is 1. The molecule has 0 aliphatic rings. The van der Waals surface area contributed by atoms with Gasteiger partial charge in [-0.25, -0.2) is 4.39 Å². The van der Waals surface area contributed by atoms with Crippen molar-refractivity contribution in [3.8, 4) is 0 Å². The maximum atomic E-state index is 13.9. The molecule has 0 unspecified atom stereocenters. The van der Waals surface area contributed by atoms with Gasteiger partial charge < -0.3 is 5.32 Å². The van der Waals surface area contributed by atoms with Gasteiger partial charge in [-0.2, -0.15) is 5.10 Å². The summed E-state index contributed by atoms with van der Waals surface area (Å²) in [5.74, 6) is -0.960. The molecule has 0 spiro atoms. The zero-order chi connectivity index (χ0) is 19.7. The minimum Gasteiger partial charge on any atom is -0.304 e. The fraction of sp³-hybridized carbons (Fsp3) is 0.0500. The Hall–Kier alpha value is -2.96. The Labute approximate surface area is 169 Å². The van der Waals surface area contributed by atoms with Crippen LogP contribution in [0.25, 0.3) is 10.9 Å². The first-order valence-corrected chi connectivity index (χ1v) is 9.09. The summed E-state index contributed by atoms with van der Waals surface area (Å²) in [7, 11) is 0. The summed E-state index contributed by atoms with van der Waals surface area (Å²) >= 11 is 12.2. The van der Waals surface area contributed by atoms with Crippen LogP contribution in [-0.2, 0) is 6.54 Å². The van der Waals surface area contributed by atoms with Crippen LogP contribution in [0, 0.1) is 5.82 Å². The van der Waals surface area contributed by atoms with Crippen molar-refractivity contribution in [1.82, 2.24) is 14.8 Å². The lowest BCUT2D eigenvalue weighted by atomic mass is 10.2. The molecule has 0 aliphatic carbocycles. The summed E-state index contributed by atoms with van der Waals surface area (Å²) in [6, 6.07) is 14.0. The van der Waals surface area contributed by atoms with E-state index in [1.807, 2.05) is 30.3 Å². The lowest BCUT2D eigenvalue weighted by Crippen LogP contribution is -2.15. The number of aromatic nitrogens is 3. The van der Waals surface area contributed by atoms with E-state index in [9.17, 15) is 9.18 Å². The highest BCUT2D eigenvalue weighted by molar-refractivity contribution is 6.35. The molecule has 0 aliphatic heterocycles. The molecular weight excluding hydrogens is 402 g/mol. The van der Waals surface area contributed by atoms with Gasteiger partial charge in [-0.15, -0.1) is 0 Å². The van der Waals surface area contributed by atoms with Crippen molar-refractivity contribution in [3.63, 3.8) is 0 Å². The van der Waals surface area contributed by atoms with E-state index in [0.29, 0.717) is 22.4 Å². The van der Waals surface area contributed by atoms with E-state index in [1.165, 1.54) is 12.3 Å². The van der Waals surface area contributed by atoms with Gasteiger partial charge in [-0.05, 0) is 35.9 Å². The Balaban J connectivity index is 1.70. The van der Waals surface area contributed by atoms with E-state index < -0.39 is 11.7 Å². The van der Waals surface area contributed by atoms with Crippen molar-refractivity contribution in [2.45, 2.75) is 6.54 Å². The molecule has 2 aromatic carbocycles. The maximum Gasteiger partial charge on any atom is 0.259 e. The summed E-state index contributed by atoms with van der Waals surface area (Å²) in [4.78, 5) is 16.1. The van der Waals surface area contributed by atoms with Gasteiger partial charge >= 0.3 is 0 Å². The van der Waals surface area contributed by atoms with Gasteiger partial charge in [0.1, 0.15) is 0 Å². The third-order valence-corrected chi connectivity index (χ3v) is 4.83. The molecule has 0 atom stereocenters. The van der Waals surface area contributed by atoms with Crippen LogP contribution >= 0.6 is 23.2 Å². The van der Waals surface area contributed by atoms with Gasteiger partial charge in [0.15, 0.2) is 11.6 Å². The van der Waals surface area contributed by atoms with Gasteiger partial charge in [0.05, 0.1) is 23.8 Å². The third-order valence-electron chi connectivity index (χ3n) is 4.24. The van der Waals surface area contributed by atoms with Crippen LogP contribution in [0.15, 0.2) is 60.9 Å². The zero-order valence-corrected chi connectivity index (χ0v) is 15.9. The SMILES string of the molecule is O=C(Nc1nn(Cc2ccc(Cl)cc2Cl)c2ccccc12)c1ccncc1F. The topological polar surface area (TPSA) is 59.8 Å². The van der Waals surface area contributed by atoms with Gasteiger partial charge in [-0.3, -0.25) is 14.5 Å². The van der Waals surface area contributed by atoms with Crippen LogP contribution in [0.5, 0.6) is 0 Å². The van der Waals surface area contributed by atoms with Crippen molar-refractivity contribution in [1.29, 1.82) is 0 Å². The molecule has 0 bridgehead atoms. The zero-order valence-electron chi connectivity index (χ0n) is 14.4. The van der Waals surface area contributed by atoms with Gasteiger partial charge in [0.25, 0.3) is 5.91 Å². The molecule has 4 aromatic rings. The minimum atomic E-state index is -0.698. The molecule has 0 saturated carbocycles. The quantitative estimate of drug-likeness (QED) is 0.500. The second-order valence-corrected chi connectivity index (χ2v) is 6.91. The summed E-state index contributed by atoms with van der Waals surface area (Å²) in [5, 5.41) is 8.98. The van der Waals surface area contributed by atoms with Crippen molar-refractivity contribution in [2.24, 2.45) is 0 Å². The van der Waals surface area contributed by atoms with Gasteiger partial charge in [-0.1, -0.05) is 41.4 Å². The van der Waals surface area contributed by atoms with Gasteiger partial charge in [0.2, 0.25) is 0 Å². The Morgan fingerprint density at radius 1 is 1.14 bits per heavy atom. The lowest BCUT2D eigenvalue weighted by molar-refractivity contribution is 0.102. The molecule has 2 heterocycles. The van der Waals surface area contributed by atoms with E-state index in [2.05, 4.69) is 15.4 Å². The highest BCUT2D eigenvalue weighted by Crippen LogP contribution is 2.27. The number of nitrogens with zero attached hydrogens (tertiary/aromatic N) is 3. The molecule has 28 heavy (non-hydrogen) atoms. The lowest BCUT2D eigenvalue weighted by Gasteiger charge is -2.06. The summed E-state index contributed by atoms with van der Waals surface area (Å²) in [6.07, 6.45) is 2.35. The first-order valence-electron chi connectivity index (χ1n) is 8.33. The number of fused-ring (bicyclic) bond motifs is 1. The van der Waals surface area contributed by atoms with E-state index in [4.69, 9.17) is 23.2 Å². The Morgan fingerprint density at radius 2 is 1.96 bits per heavy atom. The average Bonchev–Trinajstić information content (AvgIpc) is 3.02. The highest BCUT2D eigenvalue weighted by Gasteiger charge is 2.17. The molecule has 4 rings (SSSR count). The van der Waals surface area contributed by atoms with Crippen LogP contribution in [0.2, 0.25) is 10.0 Å². The van der Waals surface area contributed by atoms with Crippen LogP contribution < -0.4 is 5.32 Å². The Morgan fingerprint density at radius 3 is 2.75 bits per heavy atom. The summed E-state index contributed by atoms with van der Waals surface area (Å²) in [6.45, 7) is 0.385. The molecule has 0 saturated heterocycles. The minimum absolute atomic E-state index is 0.102. The molecule has 0 radical (unpaired) electrons. The van der Waals surface area contributed by atoms with E-state index in [1.54, 1.807) is 16.8 Å². The van der Waals surface area contributed by atoms with E-state index in [0.717, 1.165) is 22.7 Å². The number of rotatable bonds is 4.